The lowest BCUT2D eigenvalue weighted by molar-refractivity contribution is -0.0489. The molecule has 0 saturated heterocycles. The van der Waals surface area contributed by atoms with Gasteiger partial charge in [0.2, 0.25) is 0 Å². The summed E-state index contributed by atoms with van der Waals surface area (Å²) in [4.78, 5) is 19.0. The van der Waals surface area contributed by atoms with Crippen molar-refractivity contribution in [3.05, 3.63) is 57.3 Å². The third-order valence-electron chi connectivity index (χ3n) is 7.86. The second-order valence-corrected chi connectivity index (χ2v) is 12.6. The Bertz CT molecular complexity index is 1610. The predicted molar refractivity (Wildman–Crippen MR) is 170 cm³/mol. The minimum Gasteiger partial charge on any atom is -0.465 e. The maximum absolute atomic E-state index is 13.2. The van der Waals surface area contributed by atoms with Gasteiger partial charge < -0.3 is 24.2 Å². The number of esters is 1. The van der Waals surface area contributed by atoms with Crippen LogP contribution in [0.3, 0.4) is 0 Å². The molecule has 1 aliphatic carbocycles. The van der Waals surface area contributed by atoms with Crippen LogP contribution < -0.4 is 15.0 Å². The van der Waals surface area contributed by atoms with Gasteiger partial charge in [-0.3, -0.25) is 0 Å². The van der Waals surface area contributed by atoms with Crippen LogP contribution in [0.15, 0.2) is 34.9 Å². The molecule has 5 rings (SSSR count). The number of thiazole rings is 1. The van der Waals surface area contributed by atoms with E-state index >= 15 is 0 Å². The zero-order valence-corrected chi connectivity index (χ0v) is 27.2. The fraction of sp³-hybridized carbons (Fsp3) is 0.452. The van der Waals surface area contributed by atoms with E-state index < -0.39 is 12.6 Å². The molecule has 0 bridgehead atoms. The summed E-state index contributed by atoms with van der Waals surface area (Å²) in [6.07, 6.45) is 3.76. The van der Waals surface area contributed by atoms with Crippen molar-refractivity contribution >= 4 is 55.9 Å². The molecule has 2 atom stereocenters. The molecule has 8 nitrogen and oxygen atoms in total. The molecule has 1 N–H and O–H groups in total. The SMILES string of the molecule is CCC(CC(C)N(CC)c1nc2c(OC(F)F)cc(C(=O)OC)cc2s1)NCc1c(-c2c(Cl)cccc2Cl)noc1C1CC1. The average molecular weight is 668 g/mol. The van der Waals surface area contributed by atoms with Crippen LogP contribution >= 0.6 is 34.5 Å². The third-order valence-corrected chi connectivity index (χ3v) is 9.53. The van der Waals surface area contributed by atoms with Gasteiger partial charge in [0, 0.05) is 42.2 Å². The molecule has 0 radical (unpaired) electrons. The molecule has 0 amide bonds. The Balaban J connectivity index is 1.36. The number of benzene rings is 2. The lowest BCUT2D eigenvalue weighted by Crippen LogP contribution is -2.39. The van der Waals surface area contributed by atoms with Gasteiger partial charge in [-0.25, -0.2) is 9.78 Å². The van der Waals surface area contributed by atoms with Gasteiger partial charge in [-0.05, 0) is 63.8 Å². The summed E-state index contributed by atoms with van der Waals surface area (Å²) in [5, 5.41) is 9.79. The molecule has 2 aromatic carbocycles. The van der Waals surface area contributed by atoms with E-state index in [4.69, 9.17) is 37.2 Å². The van der Waals surface area contributed by atoms with Gasteiger partial charge in [-0.2, -0.15) is 8.78 Å². The number of rotatable bonds is 14. The van der Waals surface area contributed by atoms with Crippen molar-refractivity contribution in [3.8, 4) is 17.0 Å². The molecule has 0 spiro atoms. The van der Waals surface area contributed by atoms with Crippen molar-refractivity contribution in [2.75, 3.05) is 18.6 Å². The zero-order chi connectivity index (χ0) is 31.5. The van der Waals surface area contributed by atoms with Crippen LogP contribution in [0.1, 0.15) is 74.1 Å². The van der Waals surface area contributed by atoms with Gasteiger partial charge in [0.15, 0.2) is 10.9 Å². The lowest BCUT2D eigenvalue weighted by atomic mass is 10.0. The monoisotopic (exact) mass is 666 g/mol. The second kappa shape index (κ2) is 14.0. The fourth-order valence-corrected chi connectivity index (χ4v) is 7.19. The van der Waals surface area contributed by atoms with Crippen LogP contribution in [0.4, 0.5) is 13.9 Å². The summed E-state index contributed by atoms with van der Waals surface area (Å²) in [6, 6.07) is 8.40. The Kier molecular flexibility index (Phi) is 10.3. The molecule has 1 fully saturated rings. The number of fused-ring (bicyclic) bond motifs is 1. The molecule has 4 aromatic rings. The predicted octanol–water partition coefficient (Wildman–Crippen LogP) is 8.70. The van der Waals surface area contributed by atoms with Crippen LogP contribution in [0.5, 0.6) is 5.75 Å². The quantitative estimate of drug-likeness (QED) is 0.134. The number of halogens is 4. The van der Waals surface area contributed by atoms with Gasteiger partial charge in [-0.15, -0.1) is 0 Å². The van der Waals surface area contributed by atoms with Crippen molar-refractivity contribution in [1.82, 2.24) is 15.5 Å². The first kappa shape index (κ1) is 32.4. The van der Waals surface area contributed by atoms with Gasteiger partial charge in [0.25, 0.3) is 0 Å². The normalized spacial score (nSPS) is 14.7. The number of hydrogen-bond donors (Lipinski definition) is 1. The first-order valence-corrected chi connectivity index (χ1v) is 16.1. The molecular weight excluding hydrogens is 633 g/mol. The van der Waals surface area contributed by atoms with E-state index in [2.05, 4.69) is 34.2 Å². The molecule has 1 saturated carbocycles. The van der Waals surface area contributed by atoms with Crippen molar-refractivity contribution < 1.29 is 27.6 Å². The smallest absolute Gasteiger partial charge is 0.387 e. The highest BCUT2D eigenvalue weighted by molar-refractivity contribution is 7.22. The lowest BCUT2D eigenvalue weighted by Gasteiger charge is -2.31. The third kappa shape index (κ3) is 6.96. The number of anilines is 1. The van der Waals surface area contributed by atoms with Gasteiger partial charge >= 0.3 is 12.6 Å². The average Bonchev–Trinajstić information content (AvgIpc) is 3.61. The maximum atomic E-state index is 13.2. The van der Waals surface area contributed by atoms with Crippen molar-refractivity contribution in [1.29, 1.82) is 0 Å². The van der Waals surface area contributed by atoms with Crippen LogP contribution in [0, 0.1) is 0 Å². The number of methoxy groups -OCH3 is 1. The van der Waals surface area contributed by atoms with Crippen molar-refractivity contribution in [3.63, 3.8) is 0 Å². The zero-order valence-electron chi connectivity index (χ0n) is 24.8. The minimum absolute atomic E-state index is 0.0421. The number of ether oxygens (including phenoxy) is 2. The molecule has 236 valence electrons. The maximum Gasteiger partial charge on any atom is 0.387 e. The first-order chi connectivity index (χ1) is 21.1. The van der Waals surface area contributed by atoms with Gasteiger partial charge in [0.1, 0.15) is 17.0 Å². The molecular formula is C31H34Cl2F2N4O4S. The number of nitrogens with zero attached hydrogens (tertiary/aromatic N) is 3. The number of alkyl halides is 2. The van der Waals surface area contributed by atoms with E-state index in [0.29, 0.717) is 50.1 Å². The van der Waals surface area contributed by atoms with Crippen molar-refractivity contribution in [2.24, 2.45) is 0 Å². The van der Waals surface area contributed by atoms with E-state index in [9.17, 15) is 13.6 Å². The largest absolute Gasteiger partial charge is 0.465 e. The summed E-state index contributed by atoms with van der Waals surface area (Å²) < 4.78 is 42.3. The Morgan fingerprint density at radius 2 is 1.95 bits per heavy atom. The Labute approximate surface area is 268 Å². The molecule has 44 heavy (non-hydrogen) atoms. The van der Waals surface area contributed by atoms with E-state index in [1.807, 2.05) is 6.92 Å². The Morgan fingerprint density at radius 1 is 1.23 bits per heavy atom. The highest BCUT2D eigenvalue weighted by Crippen LogP contribution is 2.46. The Morgan fingerprint density at radius 3 is 2.57 bits per heavy atom. The number of aromatic nitrogens is 2. The van der Waals surface area contributed by atoms with Crippen LogP contribution in [-0.2, 0) is 11.3 Å². The van der Waals surface area contributed by atoms with Crippen LogP contribution in [0.2, 0.25) is 10.0 Å². The summed E-state index contributed by atoms with van der Waals surface area (Å²) >= 11 is 14.4. The summed E-state index contributed by atoms with van der Waals surface area (Å²) in [5.74, 6) is 0.425. The fourth-order valence-electron chi connectivity index (χ4n) is 5.43. The highest BCUT2D eigenvalue weighted by Gasteiger charge is 2.33. The standard InChI is InChI=1S/C31H34Cl2F2N4O4S/c1-5-19(36-15-20-26(38-43-28(20)17-10-11-17)25-21(32)8-7-9-22(25)33)12-16(3)39(6-2)31-37-27-23(42-30(34)35)13-18(29(40)41-4)14-24(27)44-31/h7-9,13-14,16-17,19,30,36H,5-6,10-12,15H2,1-4H3. The summed E-state index contributed by atoms with van der Waals surface area (Å²) in [7, 11) is 1.24. The first-order valence-electron chi connectivity index (χ1n) is 14.6. The van der Waals surface area contributed by atoms with Gasteiger partial charge in [-0.1, -0.05) is 52.7 Å². The van der Waals surface area contributed by atoms with E-state index in [0.717, 1.165) is 37.0 Å². The number of carbonyl (C=O) groups excluding carboxylic acids is 1. The number of hydrogen-bond acceptors (Lipinski definition) is 9. The van der Waals surface area contributed by atoms with Crippen molar-refractivity contribution in [2.45, 2.75) is 77.6 Å². The Hall–Kier alpha value is -2.99. The second-order valence-electron chi connectivity index (χ2n) is 10.8. The van der Waals surface area contributed by atoms with E-state index in [1.165, 1.54) is 24.5 Å². The van der Waals surface area contributed by atoms with Gasteiger partial charge in [0.05, 0.1) is 27.4 Å². The minimum atomic E-state index is -3.06. The van der Waals surface area contributed by atoms with Crippen LogP contribution in [0.25, 0.3) is 21.5 Å². The molecule has 13 heteroatoms. The molecule has 1 aliphatic rings. The summed E-state index contributed by atoms with van der Waals surface area (Å²) in [6.45, 7) is 4.37. The summed E-state index contributed by atoms with van der Waals surface area (Å²) in [5.41, 5.74) is 2.70. The van der Waals surface area contributed by atoms with Crippen LogP contribution in [-0.4, -0.2) is 48.5 Å². The highest BCUT2D eigenvalue weighted by atomic mass is 35.5. The molecule has 2 aromatic heterocycles. The van der Waals surface area contributed by atoms with E-state index in [1.54, 1.807) is 24.3 Å². The molecule has 0 aliphatic heterocycles. The molecule has 2 heterocycles. The topological polar surface area (TPSA) is 89.7 Å². The molecule has 2 unspecified atom stereocenters. The number of carbonyl (C=O) groups is 1. The number of nitrogens with one attached hydrogen (secondary N) is 1. The van der Waals surface area contributed by atoms with E-state index in [-0.39, 0.29) is 28.9 Å².